The molecule has 14 heavy (non-hydrogen) atoms. The third-order valence-corrected chi connectivity index (χ3v) is 1.64. The standard InChI is InChI=1S/C10H20N2O2/c1-8(2)10(14)11-6-9(13)7-12(3,4)5/h9,13H,1,6-7H2,2-5H3/p+1. The van der Waals surface area contributed by atoms with Crippen molar-refractivity contribution in [2.75, 3.05) is 34.2 Å². The highest BCUT2D eigenvalue weighted by Gasteiger charge is 2.15. The fourth-order valence-electron chi connectivity index (χ4n) is 1.06. The molecular formula is C10H21N2O2+. The molecule has 0 fully saturated rings. The van der Waals surface area contributed by atoms with E-state index in [1.54, 1.807) is 6.92 Å². The number of carbonyl (C=O) groups is 1. The van der Waals surface area contributed by atoms with Gasteiger partial charge in [0.25, 0.3) is 0 Å². The minimum Gasteiger partial charge on any atom is -0.385 e. The highest BCUT2D eigenvalue weighted by Crippen LogP contribution is 1.94. The third-order valence-electron chi connectivity index (χ3n) is 1.64. The van der Waals surface area contributed by atoms with Crippen molar-refractivity contribution < 1.29 is 14.4 Å². The monoisotopic (exact) mass is 201 g/mol. The van der Waals surface area contributed by atoms with Crippen LogP contribution in [-0.4, -0.2) is 55.8 Å². The van der Waals surface area contributed by atoms with Crippen LogP contribution in [0.25, 0.3) is 0 Å². The van der Waals surface area contributed by atoms with E-state index in [-0.39, 0.29) is 12.5 Å². The highest BCUT2D eigenvalue weighted by atomic mass is 16.3. The van der Waals surface area contributed by atoms with Crippen molar-refractivity contribution in [3.63, 3.8) is 0 Å². The molecule has 0 aliphatic rings. The van der Waals surface area contributed by atoms with E-state index in [1.807, 2.05) is 21.1 Å². The second-order valence-corrected chi connectivity index (χ2v) is 4.62. The maximum absolute atomic E-state index is 11.1. The van der Waals surface area contributed by atoms with Gasteiger partial charge in [-0.3, -0.25) is 4.79 Å². The molecule has 0 aliphatic heterocycles. The smallest absolute Gasteiger partial charge is 0.246 e. The molecule has 0 aromatic carbocycles. The van der Waals surface area contributed by atoms with Crippen molar-refractivity contribution in [2.45, 2.75) is 13.0 Å². The lowest BCUT2D eigenvalue weighted by Crippen LogP contribution is -2.45. The second kappa shape index (κ2) is 5.12. The Morgan fingerprint density at radius 2 is 2.00 bits per heavy atom. The number of aliphatic hydroxyl groups is 1. The van der Waals surface area contributed by atoms with E-state index in [4.69, 9.17) is 0 Å². The Balaban J connectivity index is 3.80. The quantitative estimate of drug-likeness (QED) is 0.476. The fourth-order valence-corrected chi connectivity index (χ4v) is 1.06. The summed E-state index contributed by atoms with van der Waals surface area (Å²) in [7, 11) is 5.97. The number of aliphatic hydroxyl groups excluding tert-OH is 1. The van der Waals surface area contributed by atoms with Gasteiger partial charge in [0.15, 0.2) is 0 Å². The van der Waals surface area contributed by atoms with Crippen LogP contribution >= 0.6 is 0 Å². The predicted molar refractivity (Wildman–Crippen MR) is 56.7 cm³/mol. The van der Waals surface area contributed by atoms with Crippen molar-refractivity contribution in [3.8, 4) is 0 Å². The van der Waals surface area contributed by atoms with E-state index < -0.39 is 6.10 Å². The van der Waals surface area contributed by atoms with Gasteiger partial charge in [0.05, 0.1) is 21.1 Å². The lowest BCUT2D eigenvalue weighted by Gasteiger charge is -2.26. The molecule has 4 nitrogen and oxygen atoms in total. The Labute approximate surface area is 85.8 Å². The van der Waals surface area contributed by atoms with Crippen LogP contribution in [0.5, 0.6) is 0 Å². The van der Waals surface area contributed by atoms with Crippen molar-refractivity contribution >= 4 is 5.91 Å². The molecule has 0 aliphatic carbocycles. The van der Waals surface area contributed by atoms with Crippen LogP contribution in [0, 0.1) is 0 Å². The Morgan fingerprint density at radius 3 is 2.36 bits per heavy atom. The van der Waals surface area contributed by atoms with Gasteiger partial charge in [0, 0.05) is 12.1 Å². The van der Waals surface area contributed by atoms with Crippen LogP contribution in [0.4, 0.5) is 0 Å². The molecule has 0 heterocycles. The van der Waals surface area contributed by atoms with Crippen molar-refractivity contribution in [3.05, 3.63) is 12.2 Å². The van der Waals surface area contributed by atoms with E-state index in [0.717, 1.165) is 0 Å². The molecule has 82 valence electrons. The van der Waals surface area contributed by atoms with Gasteiger partial charge in [0.2, 0.25) is 5.91 Å². The Kier molecular flexibility index (Phi) is 4.80. The number of hydrogen-bond donors (Lipinski definition) is 2. The molecular weight excluding hydrogens is 180 g/mol. The third kappa shape index (κ3) is 6.62. The predicted octanol–water partition coefficient (Wildman–Crippen LogP) is -0.254. The van der Waals surface area contributed by atoms with Gasteiger partial charge in [0.1, 0.15) is 12.6 Å². The number of likely N-dealkylation sites (N-methyl/N-ethyl adjacent to an activating group) is 1. The molecule has 4 heteroatoms. The van der Waals surface area contributed by atoms with Gasteiger partial charge in [-0.05, 0) is 6.92 Å². The van der Waals surface area contributed by atoms with E-state index in [9.17, 15) is 9.90 Å². The first-order valence-electron chi connectivity index (χ1n) is 4.64. The summed E-state index contributed by atoms with van der Waals surface area (Å²) in [5, 5.41) is 12.2. The van der Waals surface area contributed by atoms with Crippen molar-refractivity contribution in [1.29, 1.82) is 0 Å². The zero-order valence-corrected chi connectivity index (χ0v) is 9.50. The zero-order chi connectivity index (χ0) is 11.4. The lowest BCUT2D eigenvalue weighted by atomic mass is 10.3. The van der Waals surface area contributed by atoms with Gasteiger partial charge in [-0.1, -0.05) is 6.58 Å². The molecule has 0 aromatic heterocycles. The van der Waals surface area contributed by atoms with Gasteiger partial charge in [-0.2, -0.15) is 0 Å². The zero-order valence-electron chi connectivity index (χ0n) is 9.50. The van der Waals surface area contributed by atoms with Crippen LogP contribution in [-0.2, 0) is 4.79 Å². The number of quaternary nitrogens is 1. The van der Waals surface area contributed by atoms with Crippen molar-refractivity contribution in [2.24, 2.45) is 0 Å². The first-order chi connectivity index (χ1) is 6.22. The summed E-state index contributed by atoms with van der Waals surface area (Å²) in [6.07, 6.45) is -0.515. The molecule has 0 aromatic rings. The summed E-state index contributed by atoms with van der Waals surface area (Å²) in [5.74, 6) is -0.203. The normalized spacial score (nSPS) is 13.5. The summed E-state index contributed by atoms with van der Waals surface area (Å²) in [6.45, 7) is 6.04. The van der Waals surface area contributed by atoms with Crippen LogP contribution < -0.4 is 5.32 Å². The number of hydrogen-bond acceptors (Lipinski definition) is 2. The molecule has 0 saturated carbocycles. The Morgan fingerprint density at radius 1 is 1.50 bits per heavy atom. The highest BCUT2D eigenvalue weighted by molar-refractivity contribution is 5.92. The number of amides is 1. The lowest BCUT2D eigenvalue weighted by molar-refractivity contribution is -0.873. The molecule has 0 spiro atoms. The molecule has 1 amide bonds. The number of nitrogens with one attached hydrogen (secondary N) is 1. The van der Waals surface area contributed by atoms with Gasteiger partial charge < -0.3 is 14.9 Å². The first-order valence-corrected chi connectivity index (χ1v) is 4.64. The van der Waals surface area contributed by atoms with E-state index >= 15 is 0 Å². The number of rotatable bonds is 5. The van der Waals surface area contributed by atoms with Crippen molar-refractivity contribution in [1.82, 2.24) is 5.32 Å². The summed E-state index contributed by atoms with van der Waals surface area (Å²) in [5.41, 5.74) is 0.461. The SMILES string of the molecule is C=C(C)C(=O)NCC(O)C[N+](C)(C)C. The summed E-state index contributed by atoms with van der Waals surface area (Å²) >= 11 is 0. The Hall–Kier alpha value is -0.870. The minimum absolute atomic E-state index is 0.203. The topological polar surface area (TPSA) is 49.3 Å². The molecule has 0 saturated heterocycles. The molecule has 0 radical (unpaired) electrons. The maximum atomic E-state index is 11.1. The molecule has 1 atom stereocenters. The summed E-state index contributed by atoms with van der Waals surface area (Å²) in [6, 6.07) is 0. The Bertz CT molecular complexity index is 219. The van der Waals surface area contributed by atoms with Crippen LogP contribution in [0.1, 0.15) is 6.92 Å². The molecule has 0 rings (SSSR count). The van der Waals surface area contributed by atoms with E-state index in [0.29, 0.717) is 16.6 Å². The molecule has 1 unspecified atom stereocenters. The van der Waals surface area contributed by atoms with Crippen LogP contribution in [0.15, 0.2) is 12.2 Å². The summed E-state index contributed by atoms with van der Waals surface area (Å²) < 4.78 is 0.671. The first kappa shape index (κ1) is 13.1. The van der Waals surface area contributed by atoms with Gasteiger partial charge >= 0.3 is 0 Å². The largest absolute Gasteiger partial charge is 0.385 e. The fraction of sp³-hybridized carbons (Fsp3) is 0.700. The number of carbonyl (C=O) groups excluding carboxylic acids is 1. The average Bonchev–Trinajstić information content (AvgIpc) is 1.96. The summed E-state index contributed by atoms with van der Waals surface area (Å²) in [4.78, 5) is 11.1. The van der Waals surface area contributed by atoms with Gasteiger partial charge in [-0.25, -0.2) is 0 Å². The van der Waals surface area contributed by atoms with E-state index in [2.05, 4.69) is 11.9 Å². The minimum atomic E-state index is -0.515. The maximum Gasteiger partial charge on any atom is 0.246 e. The molecule has 0 bridgehead atoms. The van der Waals surface area contributed by atoms with E-state index in [1.165, 1.54) is 0 Å². The molecule has 2 N–H and O–H groups in total. The van der Waals surface area contributed by atoms with Crippen LogP contribution in [0.2, 0.25) is 0 Å². The van der Waals surface area contributed by atoms with Gasteiger partial charge in [-0.15, -0.1) is 0 Å². The van der Waals surface area contributed by atoms with Crippen LogP contribution in [0.3, 0.4) is 0 Å². The average molecular weight is 201 g/mol. The number of nitrogens with zero attached hydrogens (tertiary/aromatic N) is 1. The second-order valence-electron chi connectivity index (χ2n) is 4.62.